The lowest BCUT2D eigenvalue weighted by Gasteiger charge is -2.13. The van der Waals surface area contributed by atoms with E-state index in [0.717, 1.165) is 18.2 Å². The average molecular weight is 364 g/mol. The second-order valence-corrected chi connectivity index (χ2v) is 5.39. The Morgan fingerprint density at radius 3 is 2.27 bits per heavy atom. The molecule has 2 aromatic carbocycles. The summed E-state index contributed by atoms with van der Waals surface area (Å²) in [6, 6.07) is 10.8. The Labute approximate surface area is 148 Å². The van der Waals surface area contributed by atoms with E-state index in [0.29, 0.717) is 17.1 Å². The van der Waals surface area contributed by atoms with Crippen molar-refractivity contribution in [2.75, 3.05) is 7.05 Å². The standard InChI is InChI=1S/C18H16F4N4/c1-24-17(26-11-14-5-2-13(9-23)8-16(14)19)25-10-12-3-6-15(7-4-12)18(20,21)22/h2-8H,10-11H2,1H3,(H2,24,25,26). The van der Waals surface area contributed by atoms with Crippen LogP contribution in [0.2, 0.25) is 0 Å². The summed E-state index contributed by atoms with van der Waals surface area (Å²) in [5.74, 6) is -0.136. The summed E-state index contributed by atoms with van der Waals surface area (Å²) in [6.07, 6.45) is -4.37. The van der Waals surface area contributed by atoms with Crippen molar-refractivity contribution in [3.8, 4) is 6.07 Å². The molecular weight excluding hydrogens is 348 g/mol. The fraction of sp³-hybridized carbons (Fsp3) is 0.222. The van der Waals surface area contributed by atoms with Gasteiger partial charge in [0.15, 0.2) is 5.96 Å². The van der Waals surface area contributed by atoms with E-state index in [9.17, 15) is 17.6 Å². The monoisotopic (exact) mass is 364 g/mol. The van der Waals surface area contributed by atoms with E-state index in [1.807, 2.05) is 6.07 Å². The van der Waals surface area contributed by atoms with Gasteiger partial charge in [-0.05, 0) is 29.8 Å². The first-order valence-corrected chi connectivity index (χ1v) is 7.62. The highest BCUT2D eigenvalue weighted by Crippen LogP contribution is 2.29. The summed E-state index contributed by atoms with van der Waals surface area (Å²) in [7, 11) is 1.53. The zero-order chi connectivity index (χ0) is 19.2. The van der Waals surface area contributed by atoms with E-state index in [2.05, 4.69) is 15.6 Å². The van der Waals surface area contributed by atoms with Gasteiger partial charge in [0.05, 0.1) is 17.2 Å². The topological polar surface area (TPSA) is 60.2 Å². The third-order valence-electron chi connectivity index (χ3n) is 3.59. The molecule has 0 spiro atoms. The fourth-order valence-corrected chi connectivity index (χ4v) is 2.16. The zero-order valence-electron chi connectivity index (χ0n) is 13.9. The number of alkyl halides is 3. The highest BCUT2D eigenvalue weighted by Gasteiger charge is 2.29. The normalized spacial score (nSPS) is 11.8. The second kappa shape index (κ2) is 8.34. The average Bonchev–Trinajstić information content (AvgIpc) is 2.62. The molecule has 0 heterocycles. The van der Waals surface area contributed by atoms with Crippen LogP contribution in [0.25, 0.3) is 0 Å². The second-order valence-electron chi connectivity index (χ2n) is 5.39. The lowest BCUT2D eigenvalue weighted by Crippen LogP contribution is -2.36. The number of nitrogens with zero attached hydrogens (tertiary/aromatic N) is 2. The maximum absolute atomic E-state index is 13.8. The van der Waals surface area contributed by atoms with Crippen molar-refractivity contribution in [3.63, 3.8) is 0 Å². The highest BCUT2D eigenvalue weighted by atomic mass is 19.4. The Hall–Kier alpha value is -3.08. The predicted octanol–water partition coefficient (Wildman–Crippen LogP) is 3.58. The van der Waals surface area contributed by atoms with Crippen molar-refractivity contribution in [2.24, 2.45) is 4.99 Å². The molecule has 0 amide bonds. The first-order chi connectivity index (χ1) is 12.3. The molecule has 0 aliphatic rings. The summed E-state index contributed by atoms with van der Waals surface area (Å²) in [5.41, 5.74) is 0.531. The van der Waals surface area contributed by atoms with E-state index in [1.54, 1.807) is 0 Å². The van der Waals surface area contributed by atoms with Gasteiger partial charge in [-0.15, -0.1) is 0 Å². The van der Waals surface area contributed by atoms with Gasteiger partial charge in [-0.3, -0.25) is 4.99 Å². The lowest BCUT2D eigenvalue weighted by molar-refractivity contribution is -0.137. The molecule has 2 rings (SSSR count). The quantitative estimate of drug-likeness (QED) is 0.495. The van der Waals surface area contributed by atoms with Crippen LogP contribution in [0.5, 0.6) is 0 Å². The molecule has 0 saturated heterocycles. The predicted molar refractivity (Wildman–Crippen MR) is 89.6 cm³/mol. The zero-order valence-corrected chi connectivity index (χ0v) is 13.9. The molecule has 0 aromatic heterocycles. The molecule has 0 radical (unpaired) electrons. The summed E-state index contributed by atoms with van der Waals surface area (Å²) >= 11 is 0. The largest absolute Gasteiger partial charge is 0.416 e. The molecule has 0 aliphatic carbocycles. The summed E-state index contributed by atoms with van der Waals surface area (Å²) < 4.78 is 51.4. The first-order valence-electron chi connectivity index (χ1n) is 7.62. The number of halogens is 4. The van der Waals surface area contributed by atoms with Crippen molar-refractivity contribution in [3.05, 3.63) is 70.5 Å². The van der Waals surface area contributed by atoms with Gasteiger partial charge in [-0.2, -0.15) is 18.4 Å². The van der Waals surface area contributed by atoms with E-state index >= 15 is 0 Å². The molecule has 0 bridgehead atoms. The highest BCUT2D eigenvalue weighted by molar-refractivity contribution is 5.79. The van der Waals surface area contributed by atoms with Crippen LogP contribution in [0, 0.1) is 17.1 Å². The molecule has 2 aromatic rings. The fourth-order valence-electron chi connectivity index (χ4n) is 2.16. The van der Waals surface area contributed by atoms with Gasteiger partial charge in [0.2, 0.25) is 0 Å². The Bertz CT molecular complexity index is 821. The van der Waals surface area contributed by atoms with Crippen molar-refractivity contribution in [2.45, 2.75) is 19.3 Å². The number of guanidine groups is 1. The number of rotatable bonds is 4. The summed E-state index contributed by atoms with van der Waals surface area (Å²) in [4.78, 5) is 3.98. The number of hydrogen-bond donors (Lipinski definition) is 2. The van der Waals surface area contributed by atoms with Crippen molar-refractivity contribution < 1.29 is 17.6 Å². The number of hydrogen-bond acceptors (Lipinski definition) is 2. The molecule has 8 heteroatoms. The Morgan fingerprint density at radius 1 is 1.08 bits per heavy atom. The minimum absolute atomic E-state index is 0.143. The number of aliphatic imine (C=N–C) groups is 1. The number of nitrogens with one attached hydrogen (secondary N) is 2. The smallest absolute Gasteiger partial charge is 0.352 e. The van der Waals surface area contributed by atoms with Crippen LogP contribution in [-0.4, -0.2) is 13.0 Å². The molecule has 4 nitrogen and oxygen atoms in total. The Balaban J connectivity index is 1.91. The molecule has 0 saturated carbocycles. The van der Waals surface area contributed by atoms with Gasteiger partial charge in [0.1, 0.15) is 5.82 Å². The minimum atomic E-state index is -4.37. The SMILES string of the molecule is CN=C(NCc1ccc(C(F)(F)F)cc1)NCc1ccc(C#N)cc1F. The number of nitriles is 1. The van der Waals surface area contributed by atoms with Crippen LogP contribution >= 0.6 is 0 Å². The number of benzene rings is 2. The van der Waals surface area contributed by atoms with E-state index in [-0.39, 0.29) is 18.7 Å². The van der Waals surface area contributed by atoms with Crippen LogP contribution in [0.4, 0.5) is 17.6 Å². The van der Waals surface area contributed by atoms with E-state index in [1.165, 1.54) is 31.3 Å². The molecule has 26 heavy (non-hydrogen) atoms. The van der Waals surface area contributed by atoms with Gasteiger partial charge in [-0.1, -0.05) is 18.2 Å². The third-order valence-corrected chi connectivity index (χ3v) is 3.59. The van der Waals surface area contributed by atoms with Crippen LogP contribution in [0.15, 0.2) is 47.5 Å². The van der Waals surface area contributed by atoms with Gasteiger partial charge >= 0.3 is 6.18 Å². The van der Waals surface area contributed by atoms with Crippen LogP contribution in [-0.2, 0) is 19.3 Å². The molecule has 0 fully saturated rings. The lowest BCUT2D eigenvalue weighted by atomic mass is 10.1. The summed E-state index contributed by atoms with van der Waals surface area (Å²) in [5, 5.41) is 14.6. The van der Waals surface area contributed by atoms with Gasteiger partial charge in [0, 0.05) is 25.7 Å². The van der Waals surface area contributed by atoms with Gasteiger partial charge in [-0.25, -0.2) is 4.39 Å². The molecule has 0 aliphatic heterocycles. The Morgan fingerprint density at radius 2 is 1.73 bits per heavy atom. The molecule has 0 atom stereocenters. The maximum Gasteiger partial charge on any atom is 0.416 e. The maximum atomic E-state index is 13.8. The first kappa shape index (κ1) is 19.2. The van der Waals surface area contributed by atoms with Crippen molar-refractivity contribution >= 4 is 5.96 Å². The molecule has 136 valence electrons. The van der Waals surface area contributed by atoms with Crippen molar-refractivity contribution in [1.82, 2.24) is 10.6 Å². The van der Waals surface area contributed by atoms with Crippen molar-refractivity contribution in [1.29, 1.82) is 5.26 Å². The van der Waals surface area contributed by atoms with E-state index < -0.39 is 17.6 Å². The summed E-state index contributed by atoms with van der Waals surface area (Å²) in [6.45, 7) is 0.401. The van der Waals surface area contributed by atoms with Gasteiger partial charge < -0.3 is 10.6 Å². The minimum Gasteiger partial charge on any atom is -0.352 e. The molecule has 2 N–H and O–H groups in total. The van der Waals surface area contributed by atoms with Crippen LogP contribution < -0.4 is 10.6 Å². The molecule has 0 unspecified atom stereocenters. The molecular formula is C18H16F4N4. The Kier molecular flexibility index (Phi) is 6.17. The third kappa shape index (κ3) is 5.21. The van der Waals surface area contributed by atoms with Crippen LogP contribution in [0.3, 0.4) is 0 Å². The van der Waals surface area contributed by atoms with Crippen LogP contribution in [0.1, 0.15) is 22.3 Å². The van der Waals surface area contributed by atoms with Gasteiger partial charge in [0.25, 0.3) is 0 Å². The van der Waals surface area contributed by atoms with E-state index in [4.69, 9.17) is 5.26 Å².